The molecule has 2 rings (SSSR count). The number of aliphatic carboxylic acids is 1. The molecule has 0 atom stereocenters. The van der Waals surface area contributed by atoms with E-state index in [1.807, 2.05) is 13.0 Å². The smallest absolute Gasteiger partial charge is 0.328 e. The van der Waals surface area contributed by atoms with Gasteiger partial charge >= 0.3 is 5.97 Å². The highest BCUT2D eigenvalue weighted by atomic mass is 16.4. The maximum Gasteiger partial charge on any atom is 0.328 e. The average Bonchev–Trinajstić information content (AvgIpc) is 2.96. The lowest BCUT2D eigenvalue weighted by atomic mass is 10.1. The van der Waals surface area contributed by atoms with E-state index >= 15 is 0 Å². The fourth-order valence-corrected chi connectivity index (χ4v) is 2.73. The molecule has 0 radical (unpaired) electrons. The number of aryl methyl sites for hydroxylation is 1. The van der Waals surface area contributed by atoms with Gasteiger partial charge in [0.2, 0.25) is 0 Å². The van der Waals surface area contributed by atoms with Gasteiger partial charge in [0.15, 0.2) is 0 Å². The molecular formula is C17H24N2O2. The predicted octanol–water partition coefficient (Wildman–Crippen LogP) is 2.62. The fraction of sp³-hybridized carbons (Fsp3) is 0.471. The summed E-state index contributed by atoms with van der Waals surface area (Å²) in [5, 5.41) is 8.81. The fourth-order valence-electron chi connectivity index (χ4n) is 2.73. The third-order valence-electron chi connectivity index (χ3n) is 3.95. The summed E-state index contributed by atoms with van der Waals surface area (Å²) in [6.45, 7) is 6.44. The Balaban J connectivity index is 2.07. The van der Waals surface area contributed by atoms with Crippen molar-refractivity contribution < 1.29 is 9.90 Å². The van der Waals surface area contributed by atoms with Crippen LogP contribution in [0.1, 0.15) is 24.0 Å². The van der Waals surface area contributed by atoms with Gasteiger partial charge in [-0.25, -0.2) is 4.79 Å². The van der Waals surface area contributed by atoms with Crippen LogP contribution in [0.25, 0.3) is 6.08 Å². The number of likely N-dealkylation sites (N-methyl/N-ethyl adjacent to an activating group) is 1. The van der Waals surface area contributed by atoms with Crippen molar-refractivity contribution in [1.82, 2.24) is 4.90 Å². The number of benzene rings is 1. The van der Waals surface area contributed by atoms with Gasteiger partial charge < -0.3 is 14.9 Å². The van der Waals surface area contributed by atoms with Crippen molar-refractivity contribution >= 4 is 17.7 Å². The zero-order valence-electron chi connectivity index (χ0n) is 12.9. The van der Waals surface area contributed by atoms with Gasteiger partial charge in [-0.15, -0.1) is 0 Å². The molecule has 1 aliphatic rings. The van der Waals surface area contributed by atoms with Crippen molar-refractivity contribution in [2.75, 3.05) is 38.1 Å². The minimum Gasteiger partial charge on any atom is -0.478 e. The molecule has 0 aromatic heterocycles. The Labute approximate surface area is 126 Å². The lowest BCUT2D eigenvalue weighted by Gasteiger charge is -2.25. The summed E-state index contributed by atoms with van der Waals surface area (Å²) < 4.78 is 0. The largest absolute Gasteiger partial charge is 0.478 e. The van der Waals surface area contributed by atoms with Crippen LogP contribution in [0.15, 0.2) is 24.3 Å². The molecule has 4 nitrogen and oxygen atoms in total. The van der Waals surface area contributed by atoms with E-state index in [1.165, 1.54) is 32.0 Å². The Morgan fingerprint density at radius 3 is 2.76 bits per heavy atom. The third kappa shape index (κ3) is 4.60. The first-order chi connectivity index (χ1) is 10.1. The molecule has 0 unspecified atom stereocenters. The molecule has 1 aromatic rings. The minimum absolute atomic E-state index is 0.915. The molecule has 0 amide bonds. The Bertz CT molecular complexity index is 520. The summed E-state index contributed by atoms with van der Waals surface area (Å²) in [5.74, 6) is -0.915. The van der Waals surface area contributed by atoms with Gasteiger partial charge in [-0.3, -0.25) is 0 Å². The van der Waals surface area contributed by atoms with Crippen LogP contribution in [-0.2, 0) is 4.79 Å². The van der Waals surface area contributed by atoms with Crippen molar-refractivity contribution in [3.63, 3.8) is 0 Å². The quantitative estimate of drug-likeness (QED) is 0.817. The highest BCUT2D eigenvalue weighted by Crippen LogP contribution is 2.22. The molecule has 0 spiro atoms. The highest BCUT2D eigenvalue weighted by molar-refractivity contribution is 5.87. The van der Waals surface area contributed by atoms with E-state index in [0.717, 1.165) is 29.9 Å². The topological polar surface area (TPSA) is 43.8 Å². The van der Waals surface area contributed by atoms with Crippen molar-refractivity contribution in [1.29, 1.82) is 0 Å². The standard InChI is InChI=1S/C17H24N2O2/c1-14-5-7-16(15(13-14)6-8-17(20)21)18(2)11-12-19-9-3-4-10-19/h5-8,13H,3-4,9-12H2,1-2H3,(H,20,21)/b8-6+. The van der Waals surface area contributed by atoms with Gasteiger partial charge in [-0.2, -0.15) is 0 Å². The number of hydrogen-bond donors (Lipinski definition) is 1. The van der Waals surface area contributed by atoms with Gasteiger partial charge in [0.1, 0.15) is 0 Å². The number of carboxylic acids is 1. The van der Waals surface area contributed by atoms with Crippen molar-refractivity contribution in [3.8, 4) is 0 Å². The zero-order valence-corrected chi connectivity index (χ0v) is 12.9. The van der Waals surface area contributed by atoms with Crippen molar-refractivity contribution in [2.24, 2.45) is 0 Å². The van der Waals surface area contributed by atoms with Gasteiger partial charge in [0.05, 0.1) is 0 Å². The second-order valence-electron chi connectivity index (χ2n) is 5.70. The molecule has 1 N–H and O–H groups in total. The van der Waals surface area contributed by atoms with E-state index in [1.54, 1.807) is 6.08 Å². The molecule has 114 valence electrons. The summed E-state index contributed by atoms with van der Waals surface area (Å²) in [6.07, 6.45) is 5.49. The Morgan fingerprint density at radius 2 is 2.10 bits per heavy atom. The summed E-state index contributed by atoms with van der Waals surface area (Å²) in [5.41, 5.74) is 3.18. The number of nitrogens with zero attached hydrogens (tertiary/aromatic N) is 2. The normalized spacial score (nSPS) is 15.7. The maximum atomic E-state index is 10.7. The number of hydrogen-bond acceptors (Lipinski definition) is 3. The first-order valence-corrected chi connectivity index (χ1v) is 7.51. The maximum absolute atomic E-state index is 10.7. The number of likely N-dealkylation sites (tertiary alicyclic amines) is 1. The molecule has 0 saturated carbocycles. The summed E-state index contributed by atoms with van der Waals surface area (Å²) >= 11 is 0. The molecule has 1 fully saturated rings. The zero-order chi connectivity index (χ0) is 15.2. The van der Waals surface area contributed by atoms with Crippen LogP contribution in [0.5, 0.6) is 0 Å². The minimum atomic E-state index is -0.915. The molecule has 1 heterocycles. The summed E-state index contributed by atoms with van der Waals surface area (Å²) in [7, 11) is 2.07. The number of rotatable bonds is 6. The first kappa shape index (κ1) is 15.6. The molecule has 4 heteroatoms. The first-order valence-electron chi connectivity index (χ1n) is 7.51. The highest BCUT2D eigenvalue weighted by Gasteiger charge is 2.13. The van der Waals surface area contributed by atoms with Crippen LogP contribution >= 0.6 is 0 Å². The SMILES string of the molecule is Cc1ccc(N(C)CCN2CCCC2)c(/C=C/C(=O)O)c1. The Hall–Kier alpha value is -1.81. The number of carboxylic acid groups (broad SMARTS) is 1. The van der Waals surface area contributed by atoms with E-state index in [9.17, 15) is 4.79 Å². The van der Waals surface area contributed by atoms with E-state index in [0.29, 0.717) is 0 Å². The van der Waals surface area contributed by atoms with Crippen LogP contribution in [0.2, 0.25) is 0 Å². The second kappa shape index (κ2) is 7.27. The van der Waals surface area contributed by atoms with Crippen LogP contribution in [0.4, 0.5) is 5.69 Å². The van der Waals surface area contributed by atoms with Crippen LogP contribution in [-0.4, -0.2) is 49.2 Å². The molecular weight excluding hydrogens is 264 g/mol. The van der Waals surface area contributed by atoms with Gasteiger partial charge in [0.25, 0.3) is 0 Å². The van der Waals surface area contributed by atoms with Gasteiger partial charge in [-0.05, 0) is 56.6 Å². The summed E-state index contributed by atoms with van der Waals surface area (Å²) in [6, 6.07) is 6.17. The van der Waals surface area contributed by atoms with Crippen LogP contribution < -0.4 is 4.90 Å². The molecule has 1 aliphatic heterocycles. The van der Waals surface area contributed by atoms with E-state index in [-0.39, 0.29) is 0 Å². The average molecular weight is 288 g/mol. The Morgan fingerprint density at radius 1 is 1.38 bits per heavy atom. The van der Waals surface area contributed by atoms with Gasteiger partial charge in [0, 0.05) is 31.9 Å². The van der Waals surface area contributed by atoms with Crippen molar-refractivity contribution in [3.05, 3.63) is 35.4 Å². The predicted molar refractivity (Wildman–Crippen MR) is 86.8 cm³/mol. The lowest BCUT2D eigenvalue weighted by molar-refractivity contribution is -0.131. The molecule has 0 bridgehead atoms. The molecule has 1 saturated heterocycles. The van der Waals surface area contributed by atoms with Crippen molar-refractivity contribution in [2.45, 2.75) is 19.8 Å². The van der Waals surface area contributed by atoms with Crippen LogP contribution in [0, 0.1) is 6.92 Å². The van der Waals surface area contributed by atoms with E-state index in [2.05, 4.69) is 29.0 Å². The van der Waals surface area contributed by atoms with E-state index < -0.39 is 5.97 Å². The van der Waals surface area contributed by atoms with E-state index in [4.69, 9.17) is 5.11 Å². The molecule has 21 heavy (non-hydrogen) atoms. The number of anilines is 1. The molecule has 0 aliphatic carbocycles. The lowest BCUT2D eigenvalue weighted by Crippen LogP contribution is -2.31. The summed E-state index contributed by atoms with van der Waals surface area (Å²) in [4.78, 5) is 15.4. The Kier molecular flexibility index (Phi) is 5.39. The van der Waals surface area contributed by atoms with Crippen LogP contribution in [0.3, 0.4) is 0 Å². The molecule has 1 aromatic carbocycles. The third-order valence-corrected chi connectivity index (χ3v) is 3.95. The number of carbonyl (C=O) groups is 1. The second-order valence-corrected chi connectivity index (χ2v) is 5.70. The monoisotopic (exact) mass is 288 g/mol. The van der Waals surface area contributed by atoms with Gasteiger partial charge in [-0.1, -0.05) is 11.6 Å².